The number of carboxylic acid groups (broad SMARTS) is 1. The van der Waals surface area contributed by atoms with Crippen molar-refractivity contribution in [1.82, 2.24) is 14.9 Å². The van der Waals surface area contributed by atoms with Gasteiger partial charge >= 0.3 is 5.97 Å². The van der Waals surface area contributed by atoms with Crippen LogP contribution in [0.2, 0.25) is 0 Å². The van der Waals surface area contributed by atoms with Crippen LogP contribution in [-0.2, 0) is 11.3 Å². The highest BCUT2D eigenvalue weighted by Crippen LogP contribution is 2.18. The normalized spacial score (nSPS) is 12.1. The van der Waals surface area contributed by atoms with Gasteiger partial charge < -0.3 is 15.0 Å². The second kappa shape index (κ2) is 5.87. The summed E-state index contributed by atoms with van der Waals surface area (Å²) in [4.78, 5) is 27.2. The molecule has 2 rings (SSSR count). The number of hydrogen-bond donors (Lipinski definition) is 2. The maximum absolute atomic E-state index is 12.2. The summed E-state index contributed by atoms with van der Waals surface area (Å²) in [7, 11) is 0. The van der Waals surface area contributed by atoms with Crippen molar-refractivity contribution >= 4 is 23.2 Å². The Morgan fingerprint density at radius 3 is 2.90 bits per heavy atom. The van der Waals surface area contributed by atoms with E-state index in [0.29, 0.717) is 5.69 Å². The van der Waals surface area contributed by atoms with E-state index in [2.05, 4.69) is 10.3 Å². The van der Waals surface area contributed by atoms with Crippen molar-refractivity contribution in [3.05, 3.63) is 40.1 Å². The molecular weight excluding hydrogens is 278 g/mol. The van der Waals surface area contributed by atoms with Crippen molar-refractivity contribution in [3.63, 3.8) is 0 Å². The lowest BCUT2D eigenvalue weighted by molar-refractivity contribution is -0.137. The first kappa shape index (κ1) is 14.3. The molecule has 2 heterocycles. The summed E-state index contributed by atoms with van der Waals surface area (Å²) in [6.07, 6.45) is 1.57. The van der Waals surface area contributed by atoms with Gasteiger partial charge in [-0.2, -0.15) is 0 Å². The van der Waals surface area contributed by atoms with Crippen LogP contribution in [0.25, 0.3) is 0 Å². The molecule has 20 heavy (non-hydrogen) atoms. The molecule has 0 aromatic carbocycles. The Bertz CT molecular complexity index is 632. The predicted molar refractivity (Wildman–Crippen MR) is 74.8 cm³/mol. The number of aliphatic carboxylic acids is 1. The Morgan fingerprint density at radius 1 is 1.55 bits per heavy atom. The van der Waals surface area contributed by atoms with Crippen molar-refractivity contribution in [3.8, 4) is 0 Å². The largest absolute Gasteiger partial charge is 0.480 e. The molecule has 0 aliphatic carbocycles. The summed E-state index contributed by atoms with van der Waals surface area (Å²) < 4.78 is 1.40. The molecule has 1 unspecified atom stereocenters. The van der Waals surface area contributed by atoms with Gasteiger partial charge in [-0.1, -0.05) is 0 Å². The number of aryl methyl sites for hydroxylation is 1. The molecule has 0 saturated carbocycles. The number of nitrogens with one attached hydrogen (secondary N) is 1. The van der Waals surface area contributed by atoms with Gasteiger partial charge in [0.25, 0.3) is 5.91 Å². The van der Waals surface area contributed by atoms with Gasteiger partial charge in [-0.3, -0.25) is 9.59 Å². The number of nitrogens with zero attached hydrogens (tertiary/aromatic N) is 2. The van der Waals surface area contributed by atoms with Crippen molar-refractivity contribution < 1.29 is 14.7 Å². The Morgan fingerprint density at radius 2 is 2.30 bits per heavy atom. The van der Waals surface area contributed by atoms with E-state index < -0.39 is 5.97 Å². The standard InChI is InChI=1S/C13H15N3O3S/c1-8-7-20-13(14-8)9(2)15-12(19)10-4-3-5-16(10)6-11(17)18/h3-5,7,9H,6H2,1-2H3,(H,15,19)(H,17,18). The second-order valence-corrected chi connectivity index (χ2v) is 5.33. The zero-order chi connectivity index (χ0) is 14.7. The molecule has 0 fully saturated rings. The summed E-state index contributed by atoms with van der Waals surface area (Å²) in [5.41, 5.74) is 1.24. The Kier molecular flexibility index (Phi) is 4.19. The van der Waals surface area contributed by atoms with Gasteiger partial charge in [-0.15, -0.1) is 11.3 Å². The zero-order valence-corrected chi connectivity index (χ0v) is 12.0. The number of carbonyl (C=O) groups excluding carboxylic acids is 1. The lowest BCUT2D eigenvalue weighted by Crippen LogP contribution is -2.29. The first-order valence-electron chi connectivity index (χ1n) is 6.07. The van der Waals surface area contributed by atoms with Gasteiger partial charge in [-0.05, 0) is 26.0 Å². The van der Waals surface area contributed by atoms with E-state index in [1.54, 1.807) is 18.3 Å². The van der Waals surface area contributed by atoms with Gasteiger partial charge in [0, 0.05) is 17.3 Å². The molecule has 2 aromatic rings. The van der Waals surface area contributed by atoms with Gasteiger partial charge in [0.05, 0.1) is 6.04 Å². The molecule has 0 spiro atoms. The molecule has 0 saturated heterocycles. The third-order valence-electron chi connectivity index (χ3n) is 2.72. The Hall–Kier alpha value is -2.15. The average Bonchev–Trinajstić information content (AvgIpc) is 2.97. The Labute approximate surface area is 120 Å². The lowest BCUT2D eigenvalue weighted by Gasteiger charge is -2.12. The quantitative estimate of drug-likeness (QED) is 0.881. The van der Waals surface area contributed by atoms with Crippen molar-refractivity contribution in [1.29, 1.82) is 0 Å². The van der Waals surface area contributed by atoms with E-state index in [1.807, 2.05) is 19.2 Å². The topological polar surface area (TPSA) is 84.2 Å². The number of carboxylic acids is 1. The summed E-state index contributed by atoms with van der Waals surface area (Å²) in [6, 6.07) is 3.03. The van der Waals surface area contributed by atoms with Gasteiger partial charge in [-0.25, -0.2) is 4.98 Å². The van der Waals surface area contributed by atoms with E-state index in [9.17, 15) is 9.59 Å². The molecule has 0 aliphatic rings. The highest BCUT2D eigenvalue weighted by molar-refractivity contribution is 7.09. The van der Waals surface area contributed by atoms with Crippen LogP contribution in [-0.4, -0.2) is 26.5 Å². The summed E-state index contributed by atoms with van der Waals surface area (Å²) in [5, 5.41) is 14.4. The van der Waals surface area contributed by atoms with Crippen LogP contribution in [0.3, 0.4) is 0 Å². The lowest BCUT2D eigenvalue weighted by atomic mass is 10.3. The monoisotopic (exact) mass is 293 g/mol. The molecule has 1 amide bonds. The first-order chi connectivity index (χ1) is 9.47. The number of carbonyl (C=O) groups is 2. The highest BCUT2D eigenvalue weighted by atomic mass is 32.1. The van der Waals surface area contributed by atoms with Crippen LogP contribution >= 0.6 is 11.3 Å². The van der Waals surface area contributed by atoms with Crippen LogP contribution in [0.15, 0.2) is 23.7 Å². The van der Waals surface area contributed by atoms with Crippen LogP contribution in [0.1, 0.15) is 34.2 Å². The maximum atomic E-state index is 12.2. The SMILES string of the molecule is Cc1csc(C(C)NC(=O)c2cccn2CC(=O)O)n1. The number of aromatic nitrogens is 2. The van der Waals surface area contributed by atoms with Crippen LogP contribution in [0, 0.1) is 6.92 Å². The van der Waals surface area contributed by atoms with Crippen molar-refractivity contribution in [2.24, 2.45) is 0 Å². The van der Waals surface area contributed by atoms with Gasteiger partial charge in [0.1, 0.15) is 17.2 Å². The average molecular weight is 293 g/mol. The van der Waals surface area contributed by atoms with Crippen molar-refractivity contribution in [2.75, 3.05) is 0 Å². The molecule has 106 valence electrons. The third-order valence-corrected chi connectivity index (χ3v) is 3.87. The molecular formula is C13H15N3O3S. The smallest absolute Gasteiger partial charge is 0.323 e. The first-order valence-corrected chi connectivity index (χ1v) is 6.95. The summed E-state index contributed by atoms with van der Waals surface area (Å²) in [5.74, 6) is -1.30. The van der Waals surface area contributed by atoms with Crippen molar-refractivity contribution in [2.45, 2.75) is 26.4 Å². The fraction of sp³-hybridized carbons (Fsp3) is 0.308. The molecule has 6 nitrogen and oxygen atoms in total. The van der Waals surface area contributed by atoms with Gasteiger partial charge in [0.15, 0.2) is 0 Å². The highest BCUT2D eigenvalue weighted by Gasteiger charge is 2.17. The minimum atomic E-state index is -0.987. The third kappa shape index (κ3) is 3.24. The van der Waals surface area contributed by atoms with Crippen LogP contribution in [0.5, 0.6) is 0 Å². The minimum Gasteiger partial charge on any atom is -0.480 e. The second-order valence-electron chi connectivity index (χ2n) is 4.44. The fourth-order valence-corrected chi connectivity index (χ4v) is 2.61. The number of hydrogen-bond acceptors (Lipinski definition) is 4. The van der Waals surface area contributed by atoms with E-state index in [0.717, 1.165) is 10.7 Å². The zero-order valence-electron chi connectivity index (χ0n) is 11.2. The van der Waals surface area contributed by atoms with Crippen LogP contribution in [0.4, 0.5) is 0 Å². The molecule has 7 heteroatoms. The fourth-order valence-electron chi connectivity index (χ4n) is 1.81. The van der Waals surface area contributed by atoms with E-state index in [1.165, 1.54) is 15.9 Å². The Balaban J connectivity index is 2.08. The van der Waals surface area contributed by atoms with Gasteiger partial charge in [0.2, 0.25) is 0 Å². The maximum Gasteiger partial charge on any atom is 0.323 e. The number of thiazole rings is 1. The molecule has 2 N–H and O–H groups in total. The number of rotatable bonds is 5. The summed E-state index contributed by atoms with van der Waals surface area (Å²) in [6.45, 7) is 3.51. The molecule has 0 aliphatic heterocycles. The predicted octanol–water partition coefficient (Wildman–Crippen LogP) is 1.83. The molecule has 2 aromatic heterocycles. The summed E-state index contributed by atoms with van der Waals surface area (Å²) >= 11 is 1.48. The van der Waals surface area contributed by atoms with E-state index in [-0.39, 0.29) is 18.5 Å². The van der Waals surface area contributed by atoms with E-state index in [4.69, 9.17) is 5.11 Å². The number of amides is 1. The van der Waals surface area contributed by atoms with Crippen LogP contribution < -0.4 is 5.32 Å². The molecule has 1 atom stereocenters. The van der Waals surface area contributed by atoms with E-state index >= 15 is 0 Å². The molecule has 0 bridgehead atoms. The minimum absolute atomic E-state index is 0.214. The molecule has 0 radical (unpaired) electrons.